The van der Waals surface area contributed by atoms with Crippen molar-refractivity contribution in [1.82, 2.24) is 0 Å². The van der Waals surface area contributed by atoms with Crippen molar-refractivity contribution >= 4 is 35.1 Å². The Hall–Kier alpha value is -1.52. The summed E-state index contributed by atoms with van der Waals surface area (Å²) in [7, 11) is 0. The average molecular weight is 330 g/mol. The Labute approximate surface area is 139 Å². The van der Waals surface area contributed by atoms with Crippen LogP contribution in [0.2, 0.25) is 0 Å². The summed E-state index contributed by atoms with van der Waals surface area (Å²) in [6.07, 6.45) is 0. The molecule has 4 heteroatoms. The monoisotopic (exact) mass is 330 g/mol. The topological polar surface area (TPSA) is 34.1 Å². The van der Waals surface area contributed by atoms with Crippen LogP contribution < -0.4 is 0 Å². The van der Waals surface area contributed by atoms with Gasteiger partial charge in [-0.05, 0) is 0 Å². The third-order valence-electron chi connectivity index (χ3n) is 3.03. The Morgan fingerprint density at radius 2 is 1.00 bits per heavy atom. The van der Waals surface area contributed by atoms with Crippen molar-refractivity contribution < 1.29 is 9.59 Å². The number of Topliss-reactive ketones (excluding diaryl/α,β-unsaturated/α-hetero) is 2. The molecular formula is C18H18O2S2. The molecule has 0 radical (unpaired) electrons. The Balaban J connectivity index is 1.58. The molecule has 2 nitrogen and oxygen atoms in total. The minimum atomic E-state index is 0.163. The lowest BCUT2D eigenvalue weighted by Crippen LogP contribution is -2.05. The highest BCUT2D eigenvalue weighted by molar-refractivity contribution is 8.03. The molecule has 0 aromatic heterocycles. The molecule has 0 saturated carbocycles. The average Bonchev–Trinajstić information content (AvgIpc) is 2.59. The number of hydrogen-bond donors (Lipinski definition) is 0. The van der Waals surface area contributed by atoms with E-state index in [1.807, 2.05) is 60.7 Å². The molecule has 0 aliphatic heterocycles. The number of benzene rings is 2. The van der Waals surface area contributed by atoms with Crippen LogP contribution in [0, 0.1) is 0 Å². The summed E-state index contributed by atoms with van der Waals surface area (Å²) in [5.74, 6) is 3.08. The number of thioether (sulfide) groups is 2. The summed E-state index contributed by atoms with van der Waals surface area (Å²) in [5.41, 5.74) is 1.53. The van der Waals surface area contributed by atoms with E-state index in [1.54, 1.807) is 23.5 Å². The van der Waals surface area contributed by atoms with E-state index < -0.39 is 0 Å². The Morgan fingerprint density at radius 1 is 0.636 bits per heavy atom. The predicted molar refractivity (Wildman–Crippen MR) is 96.2 cm³/mol. The van der Waals surface area contributed by atoms with Gasteiger partial charge in [0.05, 0.1) is 11.5 Å². The smallest absolute Gasteiger partial charge is 0.172 e. The molecule has 0 N–H and O–H groups in total. The first-order chi connectivity index (χ1) is 10.8. The predicted octanol–water partition coefficient (Wildman–Crippen LogP) is 4.22. The van der Waals surface area contributed by atoms with Gasteiger partial charge in [-0.3, -0.25) is 9.59 Å². The van der Waals surface area contributed by atoms with Gasteiger partial charge in [0.2, 0.25) is 0 Å². The second kappa shape index (κ2) is 9.49. The molecule has 0 heterocycles. The molecule has 114 valence electrons. The lowest BCUT2D eigenvalue weighted by molar-refractivity contribution is 0.101. The van der Waals surface area contributed by atoms with Crippen LogP contribution in [0.15, 0.2) is 60.7 Å². The van der Waals surface area contributed by atoms with Crippen LogP contribution in [0.3, 0.4) is 0 Å². The standard InChI is InChI=1S/C18H18O2S2/c19-17(15-7-3-1-4-8-15)13-21-11-12-22-14-18(20)16-9-5-2-6-10-16/h1-10H,11-14H2. The molecule has 22 heavy (non-hydrogen) atoms. The molecule has 0 bridgehead atoms. The highest BCUT2D eigenvalue weighted by Crippen LogP contribution is 2.12. The van der Waals surface area contributed by atoms with Crippen molar-refractivity contribution in [3.63, 3.8) is 0 Å². The van der Waals surface area contributed by atoms with E-state index in [-0.39, 0.29) is 11.6 Å². The van der Waals surface area contributed by atoms with Crippen molar-refractivity contribution in [2.75, 3.05) is 23.0 Å². The first-order valence-electron chi connectivity index (χ1n) is 7.09. The van der Waals surface area contributed by atoms with Crippen molar-refractivity contribution in [3.8, 4) is 0 Å². The summed E-state index contributed by atoms with van der Waals surface area (Å²) >= 11 is 3.24. The number of hydrogen-bond acceptors (Lipinski definition) is 4. The fraction of sp³-hybridized carbons (Fsp3) is 0.222. The number of ketones is 2. The van der Waals surface area contributed by atoms with Crippen LogP contribution in [-0.2, 0) is 0 Å². The first-order valence-corrected chi connectivity index (χ1v) is 9.40. The summed E-state index contributed by atoms with van der Waals surface area (Å²) in [6, 6.07) is 18.7. The van der Waals surface area contributed by atoms with Gasteiger partial charge in [-0.2, -0.15) is 23.5 Å². The van der Waals surface area contributed by atoms with E-state index in [9.17, 15) is 9.59 Å². The van der Waals surface area contributed by atoms with E-state index in [1.165, 1.54) is 0 Å². The third-order valence-corrected chi connectivity index (χ3v) is 5.21. The van der Waals surface area contributed by atoms with Crippen LogP contribution in [0.25, 0.3) is 0 Å². The zero-order chi connectivity index (χ0) is 15.6. The van der Waals surface area contributed by atoms with Gasteiger partial charge < -0.3 is 0 Å². The number of carbonyl (C=O) groups is 2. The van der Waals surface area contributed by atoms with Gasteiger partial charge in [-0.25, -0.2) is 0 Å². The van der Waals surface area contributed by atoms with Crippen LogP contribution in [-0.4, -0.2) is 34.6 Å². The highest BCUT2D eigenvalue weighted by Gasteiger charge is 2.06. The Kier molecular flexibility index (Phi) is 7.26. The number of carbonyl (C=O) groups excluding carboxylic acids is 2. The van der Waals surface area contributed by atoms with E-state index in [2.05, 4.69) is 0 Å². The van der Waals surface area contributed by atoms with Gasteiger partial charge in [-0.15, -0.1) is 0 Å². The van der Waals surface area contributed by atoms with Crippen molar-refractivity contribution in [2.24, 2.45) is 0 Å². The molecular weight excluding hydrogens is 312 g/mol. The van der Waals surface area contributed by atoms with Gasteiger partial charge in [0, 0.05) is 22.6 Å². The summed E-state index contributed by atoms with van der Waals surface area (Å²) in [6.45, 7) is 0. The third kappa shape index (κ3) is 5.70. The second-order valence-electron chi connectivity index (χ2n) is 4.68. The molecule has 2 aromatic rings. The zero-order valence-electron chi connectivity index (χ0n) is 12.2. The van der Waals surface area contributed by atoms with Crippen LogP contribution in [0.5, 0.6) is 0 Å². The van der Waals surface area contributed by atoms with Crippen molar-refractivity contribution in [3.05, 3.63) is 71.8 Å². The quantitative estimate of drug-likeness (QED) is 0.509. The van der Waals surface area contributed by atoms with E-state index in [0.717, 1.165) is 22.6 Å². The van der Waals surface area contributed by atoms with Gasteiger partial charge in [-0.1, -0.05) is 60.7 Å². The minimum Gasteiger partial charge on any atom is -0.293 e. The Morgan fingerprint density at radius 3 is 1.36 bits per heavy atom. The minimum absolute atomic E-state index is 0.163. The molecule has 0 amide bonds. The second-order valence-corrected chi connectivity index (χ2v) is 6.89. The first kappa shape index (κ1) is 16.8. The van der Waals surface area contributed by atoms with Crippen molar-refractivity contribution in [1.29, 1.82) is 0 Å². The molecule has 2 aromatic carbocycles. The fourth-order valence-electron chi connectivity index (χ4n) is 1.86. The lowest BCUT2D eigenvalue weighted by atomic mass is 10.2. The molecule has 0 unspecified atom stereocenters. The molecule has 0 atom stereocenters. The van der Waals surface area contributed by atoms with E-state index in [0.29, 0.717) is 11.5 Å². The SMILES string of the molecule is O=C(CSCCSCC(=O)c1ccccc1)c1ccccc1. The van der Waals surface area contributed by atoms with Gasteiger partial charge in [0.15, 0.2) is 11.6 Å². The van der Waals surface area contributed by atoms with E-state index in [4.69, 9.17) is 0 Å². The molecule has 0 saturated heterocycles. The zero-order valence-corrected chi connectivity index (χ0v) is 13.9. The largest absolute Gasteiger partial charge is 0.293 e. The maximum atomic E-state index is 11.9. The van der Waals surface area contributed by atoms with Gasteiger partial charge >= 0.3 is 0 Å². The molecule has 2 rings (SSSR count). The normalized spacial score (nSPS) is 10.4. The summed E-state index contributed by atoms with van der Waals surface area (Å²) in [5, 5.41) is 0. The van der Waals surface area contributed by atoms with Gasteiger partial charge in [0.1, 0.15) is 0 Å². The van der Waals surface area contributed by atoms with Crippen LogP contribution >= 0.6 is 23.5 Å². The highest BCUT2D eigenvalue weighted by atomic mass is 32.2. The van der Waals surface area contributed by atoms with Crippen molar-refractivity contribution in [2.45, 2.75) is 0 Å². The molecule has 0 aliphatic rings. The van der Waals surface area contributed by atoms with Crippen LogP contribution in [0.1, 0.15) is 20.7 Å². The lowest BCUT2D eigenvalue weighted by Gasteiger charge is -2.03. The van der Waals surface area contributed by atoms with E-state index >= 15 is 0 Å². The Bertz CT molecular complexity index is 541. The number of rotatable bonds is 9. The summed E-state index contributed by atoms with van der Waals surface area (Å²) < 4.78 is 0. The molecule has 0 fully saturated rings. The van der Waals surface area contributed by atoms with Gasteiger partial charge in [0.25, 0.3) is 0 Å². The molecule has 0 spiro atoms. The fourth-order valence-corrected chi connectivity index (χ4v) is 3.80. The maximum absolute atomic E-state index is 11.9. The van der Waals surface area contributed by atoms with Crippen LogP contribution in [0.4, 0.5) is 0 Å². The molecule has 0 aliphatic carbocycles. The maximum Gasteiger partial charge on any atom is 0.172 e. The summed E-state index contributed by atoms with van der Waals surface area (Å²) in [4.78, 5) is 23.8.